The van der Waals surface area contributed by atoms with Gasteiger partial charge in [0.1, 0.15) is 24.5 Å². The number of hydrogen-bond donors (Lipinski definition) is 3. The molecule has 0 bridgehead atoms. The van der Waals surface area contributed by atoms with Crippen LogP contribution in [0.15, 0.2) is 12.4 Å². The van der Waals surface area contributed by atoms with Gasteiger partial charge in [0.05, 0.1) is 0 Å². The van der Waals surface area contributed by atoms with Gasteiger partial charge in [-0.3, -0.25) is 4.79 Å². The van der Waals surface area contributed by atoms with Crippen LogP contribution in [-0.4, -0.2) is 58.7 Å². The molecule has 1 aromatic rings. The third kappa shape index (κ3) is 4.36. The highest BCUT2D eigenvalue weighted by atomic mass is 16.4. The molecule has 7 nitrogen and oxygen atoms in total. The van der Waals surface area contributed by atoms with Gasteiger partial charge < -0.3 is 20.6 Å². The third-order valence-electron chi connectivity index (χ3n) is 3.16. The first-order chi connectivity index (χ1) is 9.13. The number of likely N-dealkylation sites (tertiary alicyclic amines) is 1. The molecule has 0 atom stereocenters. The van der Waals surface area contributed by atoms with Crippen LogP contribution in [0.2, 0.25) is 0 Å². The maximum atomic E-state index is 10.5. The number of anilines is 2. The summed E-state index contributed by atoms with van der Waals surface area (Å²) in [7, 11) is 2.12. The lowest BCUT2D eigenvalue weighted by molar-refractivity contribution is -0.134. The summed E-state index contributed by atoms with van der Waals surface area (Å²) >= 11 is 0. The zero-order valence-electron chi connectivity index (χ0n) is 11.0. The van der Waals surface area contributed by atoms with Gasteiger partial charge >= 0.3 is 5.97 Å². The summed E-state index contributed by atoms with van der Waals surface area (Å²) in [6, 6.07) is 2.15. The molecular weight excluding hydrogens is 246 g/mol. The number of hydrogen-bond acceptors (Lipinski definition) is 6. The molecule has 0 radical (unpaired) electrons. The smallest absolute Gasteiger partial charge is 0.322 e. The first kappa shape index (κ1) is 13.5. The highest BCUT2D eigenvalue weighted by Crippen LogP contribution is 2.15. The Bertz CT molecular complexity index is 432. The number of rotatable bonds is 5. The molecule has 1 aliphatic rings. The van der Waals surface area contributed by atoms with Gasteiger partial charge in [-0.2, -0.15) is 0 Å². The number of nitrogens with zero attached hydrogens (tertiary/aromatic N) is 3. The first-order valence-electron chi connectivity index (χ1n) is 6.36. The van der Waals surface area contributed by atoms with Crippen LogP contribution in [-0.2, 0) is 4.79 Å². The highest BCUT2D eigenvalue weighted by molar-refractivity contribution is 5.72. The minimum atomic E-state index is -0.913. The fraction of sp³-hybridized carbons (Fsp3) is 0.583. The summed E-state index contributed by atoms with van der Waals surface area (Å²) in [5.41, 5.74) is 0. The summed E-state index contributed by atoms with van der Waals surface area (Å²) in [4.78, 5) is 20.9. The van der Waals surface area contributed by atoms with E-state index in [1.165, 1.54) is 6.33 Å². The van der Waals surface area contributed by atoms with Crippen LogP contribution in [0.5, 0.6) is 0 Å². The van der Waals surface area contributed by atoms with Gasteiger partial charge in [0.25, 0.3) is 0 Å². The largest absolute Gasteiger partial charge is 0.480 e. The van der Waals surface area contributed by atoms with Crippen LogP contribution in [0.1, 0.15) is 12.8 Å². The number of carboxylic acids is 1. The fourth-order valence-electron chi connectivity index (χ4n) is 2.06. The van der Waals surface area contributed by atoms with Crippen molar-refractivity contribution in [1.29, 1.82) is 0 Å². The minimum absolute atomic E-state index is 0.148. The van der Waals surface area contributed by atoms with E-state index in [0.717, 1.165) is 31.7 Å². The Balaban J connectivity index is 1.89. The summed E-state index contributed by atoms with van der Waals surface area (Å²) in [6.45, 7) is 2.00. The van der Waals surface area contributed by atoms with Gasteiger partial charge in [0.15, 0.2) is 0 Å². The van der Waals surface area contributed by atoms with E-state index in [4.69, 9.17) is 5.11 Å². The van der Waals surface area contributed by atoms with Crippen molar-refractivity contribution in [3.8, 4) is 0 Å². The van der Waals surface area contributed by atoms with E-state index >= 15 is 0 Å². The van der Waals surface area contributed by atoms with Gasteiger partial charge in [-0.05, 0) is 33.0 Å². The zero-order chi connectivity index (χ0) is 13.7. The number of aromatic nitrogens is 2. The Kier molecular flexibility index (Phi) is 4.51. The Morgan fingerprint density at radius 1 is 1.42 bits per heavy atom. The number of carbonyl (C=O) groups is 1. The molecule has 3 N–H and O–H groups in total. The van der Waals surface area contributed by atoms with Gasteiger partial charge in [0, 0.05) is 12.1 Å². The molecule has 0 aliphatic carbocycles. The molecule has 19 heavy (non-hydrogen) atoms. The molecule has 1 fully saturated rings. The van der Waals surface area contributed by atoms with Crippen molar-refractivity contribution in [3.63, 3.8) is 0 Å². The lowest BCUT2D eigenvalue weighted by Crippen LogP contribution is -2.36. The van der Waals surface area contributed by atoms with Crippen molar-refractivity contribution >= 4 is 17.6 Å². The van der Waals surface area contributed by atoms with E-state index in [2.05, 4.69) is 32.5 Å². The van der Waals surface area contributed by atoms with Crippen molar-refractivity contribution in [1.82, 2.24) is 14.9 Å². The van der Waals surface area contributed by atoms with Crippen molar-refractivity contribution < 1.29 is 9.90 Å². The van der Waals surface area contributed by atoms with Crippen molar-refractivity contribution in [2.75, 3.05) is 37.3 Å². The fourth-order valence-corrected chi connectivity index (χ4v) is 2.06. The topological polar surface area (TPSA) is 90.4 Å². The lowest BCUT2D eigenvalue weighted by atomic mass is 10.1. The molecule has 1 aromatic heterocycles. The van der Waals surface area contributed by atoms with Gasteiger partial charge in [-0.1, -0.05) is 0 Å². The molecule has 1 saturated heterocycles. The van der Waals surface area contributed by atoms with Crippen LogP contribution in [0.4, 0.5) is 11.6 Å². The molecular formula is C12H19N5O2. The van der Waals surface area contributed by atoms with Crippen LogP contribution >= 0.6 is 0 Å². The van der Waals surface area contributed by atoms with Crippen molar-refractivity contribution in [3.05, 3.63) is 12.4 Å². The average molecular weight is 265 g/mol. The predicted octanol–water partition coefficient (Wildman–Crippen LogP) is 0.479. The molecule has 0 saturated carbocycles. The maximum Gasteiger partial charge on any atom is 0.322 e. The van der Waals surface area contributed by atoms with Crippen LogP contribution < -0.4 is 10.6 Å². The highest BCUT2D eigenvalue weighted by Gasteiger charge is 2.16. The second-order valence-electron chi connectivity index (χ2n) is 4.76. The monoisotopic (exact) mass is 265 g/mol. The number of carboxylic acid groups (broad SMARTS) is 1. The van der Waals surface area contributed by atoms with Crippen LogP contribution in [0, 0.1) is 0 Å². The van der Waals surface area contributed by atoms with Crippen LogP contribution in [0.25, 0.3) is 0 Å². The SMILES string of the molecule is CN1CCC(Nc2cc(NCC(=O)O)ncn2)CC1. The maximum absolute atomic E-state index is 10.5. The summed E-state index contributed by atoms with van der Waals surface area (Å²) in [5, 5.41) is 14.7. The predicted molar refractivity (Wildman–Crippen MR) is 72.3 cm³/mol. The normalized spacial score (nSPS) is 17.1. The lowest BCUT2D eigenvalue weighted by Gasteiger charge is -2.29. The minimum Gasteiger partial charge on any atom is -0.480 e. The second kappa shape index (κ2) is 6.33. The molecule has 7 heteroatoms. The third-order valence-corrected chi connectivity index (χ3v) is 3.16. The Labute approximate surface area is 112 Å². The van der Waals surface area contributed by atoms with Crippen molar-refractivity contribution in [2.24, 2.45) is 0 Å². The van der Waals surface area contributed by atoms with Gasteiger partial charge in [-0.15, -0.1) is 0 Å². The number of aliphatic carboxylic acids is 1. The standard InChI is InChI=1S/C12H19N5O2/c1-17-4-2-9(3-5-17)16-11-6-10(14-8-15-11)13-7-12(18)19/h6,8-9H,2-5,7H2,1H3,(H,18,19)(H2,13,14,15,16). The second-order valence-corrected chi connectivity index (χ2v) is 4.76. The molecule has 2 heterocycles. The zero-order valence-corrected chi connectivity index (χ0v) is 11.0. The molecule has 1 aliphatic heterocycles. The number of nitrogens with one attached hydrogen (secondary N) is 2. The van der Waals surface area contributed by atoms with E-state index in [1.807, 2.05) is 0 Å². The quantitative estimate of drug-likeness (QED) is 0.713. The van der Waals surface area contributed by atoms with Gasteiger partial charge in [0.2, 0.25) is 0 Å². The molecule has 0 amide bonds. The summed E-state index contributed by atoms with van der Waals surface area (Å²) < 4.78 is 0. The molecule has 0 spiro atoms. The summed E-state index contributed by atoms with van der Waals surface area (Å²) in [5.74, 6) is 0.341. The molecule has 2 rings (SSSR count). The first-order valence-corrected chi connectivity index (χ1v) is 6.36. The Hall–Kier alpha value is -1.89. The van der Waals surface area contributed by atoms with Crippen molar-refractivity contribution in [2.45, 2.75) is 18.9 Å². The molecule has 0 aromatic carbocycles. The Morgan fingerprint density at radius 2 is 2.11 bits per heavy atom. The van der Waals surface area contributed by atoms with E-state index in [1.54, 1.807) is 6.07 Å². The summed E-state index contributed by atoms with van der Waals surface area (Å²) in [6.07, 6.45) is 3.60. The van der Waals surface area contributed by atoms with E-state index < -0.39 is 5.97 Å². The van der Waals surface area contributed by atoms with E-state index in [9.17, 15) is 4.79 Å². The van der Waals surface area contributed by atoms with E-state index in [-0.39, 0.29) is 6.54 Å². The molecule has 104 valence electrons. The Morgan fingerprint density at radius 3 is 2.79 bits per heavy atom. The van der Waals surface area contributed by atoms with Gasteiger partial charge in [-0.25, -0.2) is 9.97 Å². The van der Waals surface area contributed by atoms with E-state index in [0.29, 0.717) is 11.9 Å². The van der Waals surface area contributed by atoms with Crippen LogP contribution in [0.3, 0.4) is 0 Å². The number of piperidine rings is 1. The molecule has 0 unspecified atom stereocenters. The average Bonchev–Trinajstić information content (AvgIpc) is 2.40.